The molecule has 0 atom stereocenters. The molecule has 1 saturated heterocycles. The maximum atomic E-state index is 10.8. The van der Waals surface area contributed by atoms with Gasteiger partial charge in [0.1, 0.15) is 0 Å². The lowest BCUT2D eigenvalue weighted by atomic mass is 10.2. The number of amides is 1. The Kier molecular flexibility index (Phi) is 12.8. The minimum absolute atomic E-state index is 0. The summed E-state index contributed by atoms with van der Waals surface area (Å²) in [4.78, 5) is 13.2. The van der Waals surface area contributed by atoms with Crippen molar-refractivity contribution in [1.82, 2.24) is 10.2 Å². The fraction of sp³-hybridized carbons (Fsp3) is 0.562. The Morgan fingerprint density at radius 3 is 2.65 bits per heavy atom. The molecule has 1 aromatic carbocycles. The number of halogens is 3. The number of carbonyl (C=O) groups excluding carboxylic acids is 1. The highest BCUT2D eigenvalue weighted by molar-refractivity contribution is 6.32. The van der Waals surface area contributed by atoms with Crippen molar-refractivity contribution in [3.8, 4) is 11.5 Å². The Morgan fingerprint density at radius 1 is 1.35 bits per heavy atom. The average molecular weight is 429 g/mol. The Hall–Kier alpha value is -0.960. The fourth-order valence-electron chi connectivity index (χ4n) is 2.45. The van der Waals surface area contributed by atoms with E-state index in [4.69, 9.17) is 31.5 Å². The second kappa shape index (κ2) is 13.2. The van der Waals surface area contributed by atoms with Crippen LogP contribution in [-0.2, 0) is 16.1 Å². The minimum Gasteiger partial charge on any atom is -1.00 e. The Bertz CT molecular complexity index is 558. The molecule has 0 radical (unpaired) electrons. The molecule has 2 rings (SSSR count). The highest BCUT2D eigenvalue weighted by Gasteiger charge is 2.13. The quantitative estimate of drug-likeness (QED) is 0.382. The first-order valence-electron chi connectivity index (χ1n) is 7.88. The molecule has 7 nitrogen and oxygen atoms in total. The van der Waals surface area contributed by atoms with Gasteiger partial charge in [-0.2, -0.15) is 0 Å². The van der Waals surface area contributed by atoms with E-state index in [0.717, 1.165) is 45.0 Å². The third-order valence-electron chi connectivity index (χ3n) is 3.69. The van der Waals surface area contributed by atoms with E-state index < -0.39 is 5.91 Å². The third-order valence-corrected chi connectivity index (χ3v) is 3.97. The molecule has 0 unspecified atom stereocenters. The number of nitrogens with zero attached hydrogens (tertiary/aromatic N) is 1. The molecule has 0 bridgehead atoms. The number of primary amides is 1. The molecule has 1 fully saturated rings. The largest absolute Gasteiger partial charge is 1.00 e. The number of rotatable bonds is 9. The minimum atomic E-state index is -0.568. The number of nitrogens with two attached hydrogens (primary N) is 1. The van der Waals surface area contributed by atoms with Gasteiger partial charge in [-0.1, -0.05) is 11.6 Å². The van der Waals surface area contributed by atoms with Crippen LogP contribution in [0.3, 0.4) is 0 Å². The van der Waals surface area contributed by atoms with Crippen LogP contribution >= 0.6 is 11.6 Å². The molecule has 150 valence electrons. The van der Waals surface area contributed by atoms with Crippen molar-refractivity contribution in [2.24, 2.45) is 5.73 Å². The van der Waals surface area contributed by atoms with Crippen LogP contribution < -0.4 is 45.3 Å². The number of carbonyl (C=O) groups is 1. The molecular weight excluding hydrogens is 405 g/mol. The summed E-state index contributed by atoms with van der Waals surface area (Å²) in [6.45, 7) is 5.84. The fourth-order valence-corrected chi connectivity index (χ4v) is 2.74. The van der Waals surface area contributed by atoms with E-state index in [0.29, 0.717) is 23.1 Å². The van der Waals surface area contributed by atoms with Crippen molar-refractivity contribution in [3.63, 3.8) is 0 Å². The van der Waals surface area contributed by atoms with Crippen LogP contribution in [0, 0.1) is 0 Å². The Labute approximate surface area is 171 Å². The maximum Gasteiger partial charge on any atom is 0.255 e. The normalized spacial score (nSPS) is 14.1. The summed E-state index contributed by atoms with van der Waals surface area (Å²) >= 11 is 6.22. The molecule has 0 aliphatic carbocycles. The second-order valence-corrected chi connectivity index (χ2v) is 5.90. The van der Waals surface area contributed by atoms with Crippen molar-refractivity contribution in [1.29, 1.82) is 0 Å². The summed E-state index contributed by atoms with van der Waals surface area (Å²) in [5, 5.41) is 3.78. The first kappa shape index (κ1) is 25.0. The van der Waals surface area contributed by atoms with Gasteiger partial charge in [0.2, 0.25) is 0 Å². The van der Waals surface area contributed by atoms with E-state index in [9.17, 15) is 4.79 Å². The van der Waals surface area contributed by atoms with Gasteiger partial charge in [0.25, 0.3) is 5.91 Å². The Balaban J connectivity index is 0.00000312. The summed E-state index contributed by atoms with van der Waals surface area (Å²) in [6.07, 6.45) is 0. The molecule has 10 heteroatoms. The molecule has 1 aromatic rings. The highest BCUT2D eigenvalue weighted by Crippen LogP contribution is 2.36. The van der Waals surface area contributed by atoms with Gasteiger partial charge in [-0.3, -0.25) is 9.69 Å². The highest BCUT2D eigenvalue weighted by atomic mass is 35.5. The third kappa shape index (κ3) is 8.16. The van der Waals surface area contributed by atoms with E-state index in [1.807, 2.05) is 6.07 Å². The van der Waals surface area contributed by atoms with Crippen molar-refractivity contribution in [2.45, 2.75) is 6.54 Å². The summed E-state index contributed by atoms with van der Waals surface area (Å²) in [7, 11) is 1.53. The molecule has 26 heavy (non-hydrogen) atoms. The number of methoxy groups -OCH3 is 1. The van der Waals surface area contributed by atoms with E-state index in [-0.39, 0.29) is 31.4 Å². The molecule has 1 heterocycles. The van der Waals surface area contributed by atoms with E-state index in [2.05, 4.69) is 10.2 Å². The zero-order valence-corrected chi connectivity index (χ0v) is 16.9. The van der Waals surface area contributed by atoms with Gasteiger partial charge >= 0.3 is 0 Å². The number of hydrogen-bond acceptors (Lipinski definition) is 6. The lowest BCUT2D eigenvalue weighted by Gasteiger charge is -2.26. The van der Waals surface area contributed by atoms with Crippen molar-refractivity contribution >= 4 is 17.5 Å². The van der Waals surface area contributed by atoms with Gasteiger partial charge in [0.05, 0.1) is 25.3 Å². The summed E-state index contributed by atoms with van der Waals surface area (Å²) < 4.78 is 15.9. The molecule has 0 saturated carbocycles. The summed E-state index contributed by atoms with van der Waals surface area (Å²) in [6, 6.07) is 3.63. The summed E-state index contributed by atoms with van der Waals surface area (Å²) in [5.41, 5.74) is 6.06. The van der Waals surface area contributed by atoms with Crippen LogP contribution in [0.4, 0.5) is 0 Å². The van der Waals surface area contributed by atoms with Crippen LogP contribution in [0.5, 0.6) is 11.5 Å². The molecule has 1 aliphatic rings. The monoisotopic (exact) mass is 427 g/mol. The standard InChI is InChI=1S/C16H24ClN3O4.2ClH/c1-22-14-9-12(8-13(17)16(14)24-11-15(18)21)10-19-2-3-20-4-6-23-7-5-20;;/h8-9,19H,2-7,10-11H2,1H3,(H2,18,21);2*1H/p-2. The molecule has 1 amide bonds. The van der Waals surface area contributed by atoms with Gasteiger partial charge in [0.15, 0.2) is 18.1 Å². The van der Waals surface area contributed by atoms with E-state index >= 15 is 0 Å². The second-order valence-electron chi connectivity index (χ2n) is 5.49. The molecule has 3 N–H and O–H groups in total. The van der Waals surface area contributed by atoms with Gasteiger partial charge in [-0.05, 0) is 17.7 Å². The topological polar surface area (TPSA) is 86.1 Å². The van der Waals surface area contributed by atoms with Crippen molar-refractivity contribution in [2.75, 3.05) is 53.1 Å². The number of benzene rings is 1. The molecular formula is C16H24Cl3N3O4-2. The van der Waals surface area contributed by atoms with Gasteiger partial charge < -0.3 is 50.1 Å². The van der Waals surface area contributed by atoms with E-state index in [1.54, 1.807) is 6.07 Å². The van der Waals surface area contributed by atoms with Gasteiger partial charge in [0, 0.05) is 32.7 Å². The molecule has 0 aromatic heterocycles. The van der Waals surface area contributed by atoms with Gasteiger partial charge in [-0.15, -0.1) is 0 Å². The number of ether oxygens (including phenoxy) is 3. The van der Waals surface area contributed by atoms with Crippen LogP contribution in [0.15, 0.2) is 12.1 Å². The SMILES string of the molecule is COc1cc(CNCCN2CCOCC2)cc(Cl)c1OCC(N)=O.[Cl-].[Cl-]. The molecule has 0 spiro atoms. The zero-order chi connectivity index (χ0) is 17.4. The molecule has 1 aliphatic heterocycles. The van der Waals surface area contributed by atoms with Crippen LogP contribution in [0.25, 0.3) is 0 Å². The van der Waals surface area contributed by atoms with Crippen molar-refractivity contribution in [3.05, 3.63) is 22.7 Å². The average Bonchev–Trinajstić information content (AvgIpc) is 2.58. The van der Waals surface area contributed by atoms with Crippen LogP contribution in [-0.4, -0.2) is 63.9 Å². The first-order valence-corrected chi connectivity index (χ1v) is 8.26. The zero-order valence-electron chi connectivity index (χ0n) is 14.6. The number of nitrogens with one attached hydrogen (secondary N) is 1. The van der Waals surface area contributed by atoms with Gasteiger partial charge in [-0.25, -0.2) is 0 Å². The summed E-state index contributed by atoms with van der Waals surface area (Å²) in [5.74, 6) is 0.241. The number of hydrogen-bond donors (Lipinski definition) is 2. The Morgan fingerprint density at radius 2 is 2.04 bits per heavy atom. The lowest BCUT2D eigenvalue weighted by Crippen LogP contribution is -3.00. The number of morpholine rings is 1. The van der Waals surface area contributed by atoms with Crippen molar-refractivity contribution < 1.29 is 43.8 Å². The first-order chi connectivity index (χ1) is 11.6. The van der Waals surface area contributed by atoms with Crippen LogP contribution in [0.1, 0.15) is 5.56 Å². The van der Waals surface area contributed by atoms with E-state index in [1.165, 1.54) is 7.11 Å². The lowest BCUT2D eigenvalue weighted by molar-refractivity contribution is -0.119. The maximum absolute atomic E-state index is 10.8. The van der Waals surface area contributed by atoms with Crippen LogP contribution in [0.2, 0.25) is 5.02 Å². The predicted molar refractivity (Wildman–Crippen MR) is 91.7 cm³/mol. The smallest absolute Gasteiger partial charge is 0.255 e. The predicted octanol–water partition coefficient (Wildman–Crippen LogP) is -5.36.